The Labute approximate surface area is 116 Å². The number of rotatable bonds is 4. The molecule has 1 aromatic carbocycles. The van der Waals surface area contributed by atoms with Gasteiger partial charge in [-0.2, -0.15) is 0 Å². The van der Waals surface area contributed by atoms with Crippen LogP contribution in [0.15, 0.2) is 47.9 Å². The van der Waals surface area contributed by atoms with Crippen LogP contribution in [0.4, 0.5) is 0 Å². The van der Waals surface area contributed by atoms with Crippen LogP contribution in [0.5, 0.6) is 11.5 Å². The van der Waals surface area contributed by atoms with Gasteiger partial charge in [0.1, 0.15) is 23.8 Å². The van der Waals surface area contributed by atoms with Crippen molar-refractivity contribution in [2.24, 2.45) is 5.16 Å². The van der Waals surface area contributed by atoms with Crippen LogP contribution in [0, 0.1) is 0 Å². The molecule has 1 aromatic heterocycles. The smallest absolute Gasteiger partial charge is 0.134 e. The van der Waals surface area contributed by atoms with Gasteiger partial charge in [-0.15, -0.1) is 0 Å². The van der Waals surface area contributed by atoms with Crippen molar-refractivity contribution >= 4 is 5.71 Å². The van der Waals surface area contributed by atoms with Crippen LogP contribution < -0.4 is 9.47 Å². The monoisotopic (exact) mass is 270 g/mol. The van der Waals surface area contributed by atoms with E-state index in [9.17, 15) is 0 Å². The van der Waals surface area contributed by atoms with E-state index in [2.05, 4.69) is 10.1 Å². The van der Waals surface area contributed by atoms with E-state index in [0.29, 0.717) is 24.7 Å². The number of ether oxygens (including phenoxy) is 2. The maximum Gasteiger partial charge on any atom is 0.134 e. The Hall–Kier alpha value is -2.56. The van der Waals surface area contributed by atoms with Crippen LogP contribution in [0.1, 0.15) is 11.1 Å². The molecule has 0 bridgehead atoms. The third kappa shape index (κ3) is 2.56. The molecule has 2 aromatic rings. The second-order valence-corrected chi connectivity index (χ2v) is 4.45. The zero-order valence-corrected chi connectivity index (χ0v) is 10.8. The highest BCUT2D eigenvalue weighted by molar-refractivity contribution is 6.05. The Kier molecular flexibility index (Phi) is 3.50. The lowest BCUT2D eigenvalue weighted by molar-refractivity contribution is 0.312. The normalized spacial score (nSPS) is 14.9. The second kappa shape index (κ2) is 5.61. The van der Waals surface area contributed by atoms with Crippen LogP contribution >= 0.6 is 0 Å². The lowest BCUT2D eigenvalue weighted by atomic mass is 10.1. The Bertz CT molecular complexity index is 626. The molecule has 2 heterocycles. The number of fused-ring (bicyclic) bond motifs is 1. The summed E-state index contributed by atoms with van der Waals surface area (Å²) in [6.45, 7) is 0.871. The molecule has 0 unspecified atom stereocenters. The largest absolute Gasteiger partial charge is 0.493 e. The first-order valence-corrected chi connectivity index (χ1v) is 6.36. The Balaban J connectivity index is 1.62. The Morgan fingerprint density at radius 2 is 2.30 bits per heavy atom. The van der Waals surface area contributed by atoms with Gasteiger partial charge in [-0.1, -0.05) is 11.2 Å². The summed E-state index contributed by atoms with van der Waals surface area (Å²) in [7, 11) is 0. The molecule has 1 aliphatic heterocycles. The molecule has 102 valence electrons. The van der Waals surface area contributed by atoms with Gasteiger partial charge in [-0.05, 0) is 23.8 Å². The fourth-order valence-corrected chi connectivity index (χ4v) is 2.09. The van der Waals surface area contributed by atoms with Crippen LogP contribution in [-0.2, 0) is 6.42 Å². The molecule has 1 aliphatic rings. The fourth-order valence-electron chi connectivity index (χ4n) is 2.09. The van der Waals surface area contributed by atoms with Gasteiger partial charge in [0.2, 0.25) is 0 Å². The number of benzene rings is 1. The summed E-state index contributed by atoms with van der Waals surface area (Å²) in [5, 5.41) is 12.0. The molecular weight excluding hydrogens is 256 g/mol. The first kappa shape index (κ1) is 12.5. The average Bonchev–Trinajstić information content (AvgIpc) is 2.90. The summed E-state index contributed by atoms with van der Waals surface area (Å²) in [4.78, 5) is 4.06. The van der Waals surface area contributed by atoms with Gasteiger partial charge >= 0.3 is 0 Å². The van der Waals surface area contributed by atoms with Gasteiger partial charge in [-0.3, -0.25) is 4.98 Å². The van der Waals surface area contributed by atoms with Gasteiger partial charge in [0, 0.05) is 30.4 Å². The summed E-state index contributed by atoms with van der Waals surface area (Å²) in [6, 6.07) is 9.44. The van der Waals surface area contributed by atoms with Crippen molar-refractivity contribution in [2.45, 2.75) is 6.42 Å². The minimum Gasteiger partial charge on any atom is -0.493 e. The third-order valence-electron chi connectivity index (χ3n) is 3.13. The van der Waals surface area contributed by atoms with Crippen molar-refractivity contribution < 1.29 is 14.7 Å². The summed E-state index contributed by atoms with van der Waals surface area (Å²) >= 11 is 0. The molecule has 0 spiro atoms. The number of oxime groups is 1. The highest BCUT2D eigenvalue weighted by Crippen LogP contribution is 2.29. The predicted molar refractivity (Wildman–Crippen MR) is 73.7 cm³/mol. The lowest BCUT2D eigenvalue weighted by Gasteiger charge is -2.07. The van der Waals surface area contributed by atoms with Crippen molar-refractivity contribution in [3.05, 3.63) is 53.9 Å². The van der Waals surface area contributed by atoms with E-state index in [1.165, 1.54) is 0 Å². The number of hydrogen-bond donors (Lipinski definition) is 1. The lowest BCUT2D eigenvalue weighted by Crippen LogP contribution is -2.02. The van der Waals surface area contributed by atoms with Gasteiger partial charge in [0.05, 0.1) is 6.61 Å². The zero-order valence-electron chi connectivity index (χ0n) is 10.8. The summed E-state index contributed by atoms with van der Waals surface area (Å²) in [5.41, 5.74) is 2.49. The van der Waals surface area contributed by atoms with Gasteiger partial charge < -0.3 is 14.7 Å². The molecule has 0 saturated carbocycles. The predicted octanol–water partition coefficient (Wildman–Crippen LogP) is 2.27. The minimum absolute atomic E-state index is 0.297. The average molecular weight is 270 g/mol. The summed E-state index contributed by atoms with van der Waals surface area (Å²) in [5.74, 6) is 1.43. The number of aromatic nitrogens is 1. The van der Waals surface area contributed by atoms with Crippen LogP contribution in [0.2, 0.25) is 0 Å². The number of pyridine rings is 1. The molecule has 0 aliphatic carbocycles. The van der Waals surface area contributed by atoms with E-state index in [1.54, 1.807) is 6.20 Å². The molecule has 1 N–H and O–H groups in total. The van der Waals surface area contributed by atoms with Crippen LogP contribution in [0.3, 0.4) is 0 Å². The molecule has 0 amide bonds. The standard InChI is InChI=1S/C15H14N2O3/c18-17-14-10-20-15-8-12(3-4-13(14)15)19-7-5-11-2-1-6-16-9-11/h1-4,6,8-9,18H,5,7,10H2. The molecule has 5 nitrogen and oxygen atoms in total. The van der Waals surface area contributed by atoms with Crippen molar-refractivity contribution in [1.29, 1.82) is 0 Å². The van der Waals surface area contributed by atoms with Crippen molar-refractivity contribution in [3.8, 4) is 11.5 Å². The maximum atomic E-state index is 8.82. The Morgan fingerprint density at radius 1 is 1.35 bits per heavy atom. The zero-order chi connectivity index (χ0) is 13.8. The highest BCUT2D eigenvalue weighted by Gasteiger charge is 2.20. The second-order valence-electron chi connectivity index (χ2n) is 4.45. The van der Waals surface area contributed by atoms with E-state index in [4.69, 9.17) is 14.7 Å². The first-order valence-electron chi connectivity index (χ1n) is 6.36. The van der Waals surface area contributed by atoms with Gasteiger partial charge in [0.25, 0.3) is 0 Å². The van der Waals surface area contributed by atoms with E-state index >= 15 is 0 Å². The molecule has 0 saturated heterocycles. The van der Waals surface area contributed by atoms with E-state index in [1.807, 2.05) is 36.5 Å². The van der Waals surface area contributed by atoms with Crippen molar-refractivity contribution in [3.63, 3.8) is 0 Å². The first-order chi connectivity index (χ1) is 9.86. The third-order valence-corrected chi connectivity index (χ3v) is 3.13. The van der Waals surface area contributed by atoms with Gasteiger partial charge in [0.15, 0.2) is 0 Å². The molecule has 20 heavy (non-hydrogen) atoms. The number of hydrogen-bond acceptors (Lipinski definition) is 5. The fraction of sp³-hybridized carbons (Fsp3) is 0.200. The van der Waals surface area contributed by atoms with Crippen molar-refractivity contribution in [2.75, 3.05) is 13.2 Å². The molecular formula is C15H14N2O3. The van der Waals surface area contributed by atoms with Gasteiger partial charge in [-0.25, -0.2) is 0 Å². The molecule has 0 radical (unpaired) electrons. The SMILES string of the molecule is ON=C1COc2cc(OCCc3cccnc3)ccc21. The minimum atomic E-state index is 0.297. The van der Waals surface area contributed by atoms with E-state index in [-0.39, 0.29) is 0 Å². The molecule has 0 atom stereocenters. The topological polar surface area (TPSA) is 63.9 Å². The molecule has 5 heteroatoms. The van der Waals surface area contributed by atoms with E-state index in [0.717, 1.165) is 23.3 Å². The van der Waals surface area contributed by atoms with Crippen LogP contribution in [0.25, 0.3) is 0 Å². The van der Waals surface area contributed by atoms with Crippen molar-refractivity contribution in [1.82, 2.24) is 4.98 Å². The maximum absolute atomic E-state index is 8.82. The molecule has 3 rings (SSSR count). The van der Waals surface area contributed by atoms with Crippen LogP contribution in [-0.4, -0.2) is 29.1 Å². The highest BCUT2D eigenvalue weighted by atomic mass is 16.5. The quantitative estimate of drug-likeness (QED) is 0.683. The summed E-state index contributed by atoms with van der Waals surface area (Å²) in [6.07, 6.45) is 4.39. The molecule has 0 fully saturated rings. The Morgan fingerprint density at radius 3 is 3.10 bits per heavy atom. The number of nitrogens with zero attached hydrogens (tertiary/aromatic N) is 2. The summed E-state index contributed by atoms with van der Waals surface area (Å²) < 4.78 is 11.1. The van der Waals surface area contributed by atoms with E-state index < -0.39 is 0 Å².